The van der Waals surface area contributed by atoms with Gasteiger partial charge in [0.25, 0.3) is 0 Å². The van der Waals surface area contributed by atoms with E-state index in [-0.39, 0.29) is 12.3 Å². The van der Waals surface area contributed by atoms with Crippen molar-refractivity contribution in [2.24, 2.45) is 0 Å². The molecule has 1 N–H and O–H groups in total. The number of aryl methyl sites for hydroxylation is 1. The average molecular weight is 315 g/mol. The number of carbonyl (C=O) groups is 1. The van der Waals surface area contributed by atoms with Crippen LogP contribution in [0.1, 0.15) is 12.0 Å². The van der Waals surface area contributed by atoms with Crippen molar-refractivity contribution >= 4 is 11.6 Å². The van der Waals surface area contributed by atoms with Crippen molar-refractivity contribution in [2.45, 2.75) is 13.3 Å². The second-order valence-electron chi connectivity index (χ2n) is 5.03. The summed E-state index contributed by atoms with van der Waals surface area (Å²) in [5.74, 6) is 1.98. The van der Waals surface area contributed by atoms with Gasteiger partial charge in [-0.1, -0.05) is 6.07 Å². The summed E-state index contributed by atoms with van der Waals surface area (Å²) < 4.78 is 15.9. The van der Waals surface area contributed by atoms with E-state index in [1.165, 1.54) is 0 Å². The van der Waals surface area contributed by atoms with E-state index >= 15 is 0 Å². The minimum atomic E-state index is -0.123. The summed E-state index contributed by atoms with van der Waals surface area (Å²) in [5.41, 5.74) is 1.72. The Morgan fingerprint density at radius 2 is 1.70 bits per heavy atom. The zero-order chi connectivity index (χ0) is 16.7. The largest absolute Gasteiger partial charge is 0.497 e. The van der Waals surface area contributed by atoms with Gasteiger partial charge in [-0.15, -0.1) is 0 Å². The van der Waals surface area contributed by atoms with E-state index in [9.17, 15) is 4.79 Å². The molecule has 2 aromatic carbocycles. The number of nitrogens with one attached hydrogen (secondary N) is 1. The lowest BCUT2D eigenvalue weighted by Crippen LogP contribution is -2.15. The van der Waals surface area contributed by atoms with Gasteiger partial charge >= 0.3 is 0 Å². The number of hydrogen-bond acceptors (Lipinski definition) is 4. The molecule has 2 aromatic rings. The number of rotatable bonds is 7. The van der Waals surface area contributed by atoms with Gasteiger partial charge in [0, 0.05) is 0 Å². The molecule has 0 bridgehead atoms. The number of methoxy groups -OCH3 is 2. The second-order valence-corrected chi connectivity index (χ2v) is 5.03. The molecular weight excluding hydrogens is 294 g/mol. The molecule has 122 valence electrons. The number of ether oxygens (including phenoxy) is 3. The van der Waals surface area contributed by atoms with Crippen molar-refractivity contribution in [3.63, 3.8) is 0 Å². The standard InChI is InChI=1S/C18H21NO4/c1-13-4-9-17(22-3)16(12-13)19-18(20)10-11-23-15-7-5-14(21-2)6-8-15/h4-9,12H,10-11H2,1-3H3,(H,19,20). The van der Waals surface area contributed by atoms with Crippen LogP contribution < -0.4 is 19.5 Å². The highest BCUT2D eigenvalue weighted by molar-refractivity contribution is 5.92. The van der Waals surface area contributed by atoms with Crippen LogP contribution in [0.5, 0.6) is 17.2 Å². The molecule has 0 heterocycles. The van der Waals surface area contributed by atoms with Gasteiger partial charge in [-0.05, 0) is 48.9 Å². The first-order valence-corrected chi connectivity index (χ1v) is 7.33. The van der Waals surface area contributed by atoms with Crippen LogP contribution in [0.25, 0.3) is 0 Å². The third-order valence-electron chi connectivity index (χ3n) is 3.29. The highest BCUT2D eigenvalue weighted by Crippen LogP contribution is 2.25. The van der Waals surface area contributed by atoms with Crippen molar-refractivity contribution in [1.82, 2.24) is 0 Å². The van der Waals surface area contributed by atoms with Crippen LogP contribution in [0.15, 0.2) is 42.5 Å². The molecular formula is C18H21NO4. The SMILES string of the molecule is COc1ccc(OCCC(=O)Nc2cc(C)ccc2OC)cc1. The van der Waals surface area contributed by atoms with E-state index in [4.69, 9.17) is 14.2 Å². The summed E-state index contributed by atoms with van der Waals surface area (Å²) in [6.45, 7) is 2.26. The van der Waals surface area contributed by atoms with Crippen LogP contribution in [0.2, 0.25) is 0 Å². The molecule has 0 saturated heterocycles. The van der Waals surface area contributed by atoms with Crippen molar-refractivity contribution in [3.05, 3.63) is 48.0 Å². The van der Waals surface area contributed by atoms with Crippen molar-refractivity contribution in [2.75, 3.05) is 26.1 Å². The molecule has 0 aliphatic heterocycles. The highest BCUT2D eigenvalue weighted by atomic mass is 16.5. The van der Waals surface area contributed by atoms with Gasteiger partial charge < -0.3 is 19.5 Å². The molecule has 5 heteroatoms. The summed E-state index contributed by atoms with van der Waals surface area (Å²) in [6, 6.07) is 12.9. The summed E-state index contributed by atoms with van der Waals surface area (Å²) >= 11 is 0. The lowest BCUT2D eigenvalue weighted by molar-refractivity contribution is -0.116. The molecule has 1 amide bonds. The second kappa shape index (κ2) is 8.08. The van der Waals surface area contributed by atoms with Gasteiger partial charge in [-0.25, -0.2) is 0 Å². The number of hydrogen-bond donors (Lipinski definition) is 1. The van der Waals surface area contributed by atoms with E-state index < -0.39 is 0 Å². The van der Waals surface area contributed by atoms with Gasteiger partial charge in [0.05, 0.1) is 32.9 Å². The summed E-state index contributed by atoms with van der Waals surface area (Å²) in [7, 11) is 3.19. The van der Waals surface area contributed by atoms with E-state index in [1.54, 1.807) is 26.4 Å². The van der Waals surface area contributed by atoms with Gasteiger partial charge in [0.1, 0.15) is 17.2 Å². The zero-order valence-corrected chi connectivity index (χ0v) is 13.6. The first-order chi connectivity index (χ1) is 11.1. The van der Waals surface area contributed by atoms with Gasteiger partial charge in [-0.3, -0.25) is 4.79 Å². The number of carbonyl (C=O) groups excluding carboxylic acids is 1. The molecule has 0 spiro atoms. The van der Waals surface area contributed by atoms with E-state index in [1.807, 2.05) is 37.3 Å². The Kier molecular flexibility index (Phi) is 5.86. The Hall–Kier alpha value is -2.69. The van der Waals surface area contributed by atoms with Crippen molar-refractivity contribution in [1.29, 1.82) is 0 Å². The summed E-state index contributed by atoms with van der Waals surface area (Å²) in [6.07, 6.45) is 0.253. The minimum absolute atomic E-state index is 0.123. The molecule has 23 heavy (non-hydrogen) atoms. The molecule has 0 aromatic heterocycles. The fourth-order valence-electron chi connectivity index (χ4n) is 2.07. The van der Waals surface area contributed by atoms with Crippen LogP contribution in [0, 0.1) is 6.92 Å². The van der Waals surface area contributed by atoms with Gasteiger partial charge in [-0.2, -0.15) is 0 Å². The quantitative estimate of drug-likeness (QED) is 0.850. The van der Waals surface area contributed by atoms with Crippen molar-refractivity contribution in [3.8, 4) is 17.2 Å². The lowest BCUT2D eigenvalue weighted by Gasteiger charge is -2.11. The maximum Gasteiger partial charge on any atom is 0.227 e. The smallest absolute Gasteiger partial charge is 0.227 e. The van der Waals surface area contributed by atoms with Crippen LogP contribution in [-0.4, -0.2) is 26.7 Å². The van der Waals surface area contributed by atoms with Crippen LogP contribution in [0.4, 0.5) is 5.69 Å². The Balaban J connectivity index is 1.84. The van der Waals surface area contributed by atoms with Gasteiger partial charge in [0.15, 0.2) is 0 Å². The molecule has 0 aliphatic carbocycles. The Morgan fingerprint density at radius 3 is 2.35 bits per heavy atom. The van der Waals surface area contributed by atoms with Crippen LogP contribution in [-0.2, 0) is 4.79 Å². The highest BCUT2D eigenvalue weighted by Gasteiger charge is 2.08. The summed E-state index contributed by atoms with van der Waals surface area (Å²) in [4.78, 5) is 12.0. The maximum atomic E-state index is 12.0. The molecule has 0 saturated carbocycles. The fraction of sp³-hybridized carbons (Fsp3) is 0.278. The lowest BCUT2D eigenvalue weighted by atomic mass is 10.2. The number of benzene rings is 2. The van der Waals surface area contributed by atoms with Crippen LogP contribution in [0.3, 0.4) is 0 Å². The molecule has 0 aliphatic rings. The molecule has 0 radical (unpaired) electrons. The molecule has 2 rings (SSSR count). The molecule has 0 fully saturated rings. The van der Waals surface area contributed by atoms with E-state index in [0.717, 1.165) is 11.3 Å². The minimum Gasteiger partial charge on any atom is -0.497 e. The first-order valence-electron chi connectivity index (χ1n) is 7.33. The molecule has 0 unspecified atom stereocenters. The van der Waals surface area contributed by atoms with Crippen molar-refractivity contribution < 1.29 is 19.0 Å². The third-order valence-corrected chi connectivity index (χ3v) is 3.29. The number of anilines is 1. The molecule has 0 atom stereocenters. The fourth-order valence-corrected chi connectivity index (χ4v) is 2.07. The zero-order valence-electron chi connectivity index (χ0n) is 13.6. The Bertz CT molecular complexity index is 653. The monoisotopic (exact) mass is 315 g/mol. The Morgan fingerprint density at radius 1 is 1.00 bits per heavy atom. The number of amides is 1. The predicted molar refractivity (Wildman–Crippen MR) is 89.5 cm³/mol. The topological polar surface area (TPSA) is 56.8 Å². The maximum absolute atomic E-state index is 12.0. The summed E-state index contributed by atoms with van der Waals surface area (Å²) in [5, 5.41) is 2.84. The normalized spacial score (nSPS) is 10.0. The van der Waals surface area contributed by atoms with Gasteiger partial charge in [0.2, 0.25) is 5.91 Å². The van der Waals surface area contributed by atoms with Crippen LogP contribution >= 0.6 is 0 Å². The predicted octanol–water partition coefficient (Wildman–Crippen LogP) is 3.42. The first kappa shape index (κ1) is 16.7. The van der Waals surface area contributed by atoms with E-state index in [0.29, 0.717) is 23.8 Å². The Labute approximate surface area is 136 Å². The average Bonchev–Trinajstić information content (AvgIpc) is 2.56. The molecule has 5 nitrogen and oxygen atoms in total. The van der Waals surface area contributed by atoms with E-state index in [2.05, 4.69) is 5.32 Å². The third kappa shape index (κ3) is 4.92.